The molecule has 0 N–H and O–H groups in total. The van der Waals surface area contributed by atoms with E-state index in [2.05, 4.69) is 13.8 Å². The molecule has 58 valence electrons. The topological polar surface area (TPSA) is 9.23 Å². The molecule has 1 aliphatic heterocycles. The maximum absolute atomic E-state index is 5.40. The Labute approximate surface area is 62.8 Å². The molecule has 1 aliphatic carbocycles. The van der Waals surface area contributed by atoms with Gasteiger partial charge in [-0.1, -0.05) is 13.8 Å². The monoisotopic (exact) mass is 140 g/mol. The van der Waals surface area contributed by atoms with Gasteiger partial charge in [-0.15, -0.1) is 0 Å². The lowest BCUT2D eigenvalue weighted by Gasteiger charge is -2.25. The summed E-state index contributed by atoms with van der Waals surface area (Å²) in [4.78, 5) is 0. The fourth-order valence-corrected chi connectivity index (χ4v) is 2.41. The van der Waals surface area contributed by atoms with Crippen molar-refractivity contribution in [2.75, 3.05) is 13.2 Å². The lowest BCUT2D eigenvalue weighted by molar-refractivity contribution is 0.0463. The number of hydrogen-bond donors (Lipinski definition) is 0. The van der Waals surface area contributed by atoms with E-state index in [0.717, 1.165) is 30.5 Å². The van der Waals surface area contributed by atoms with E-state index in [1.807, 2.05) is 0 Å². The molecule has 0 unspecified atom stereocenters. The summed E-state index contributed by atoms with van der Waals surface area (Å²) in [5.41, 5.74) is 0.720. The molecule has 0 amide bonds. The lowest BCUT2D eigenvalue weighted by Crippen LogP contribution is -2.22. The molecule has 1 heterocycles. The summed E-state index contributed by atoms with van der Waals surface area (Å²) in [6, 6.07) is 0. The average Bonchev–Trinajstić information content (AvgIpc) is 2.61. The molecule has 2 fully saturated rings. The van der Waals surface area contributed by atoms with E-state index >= 15 is 0 Å². The Morgan fingerprint density at radius 3 is 2.80 bits per heavy atom. The molecule has 10 heavy (non-hydrogen) atoms. The third kappa shape index (κ3) is 0.731. The summed E-state index contributed by atoms with van der Waals surface area (Å²) in [6.07, 6.45) is 2.75. The second-order valence-corrected chi connectivity index (χ2v) is 4.11. The molecule has 0 spiro atoms. The minimum absolute atomic E-state index is 0.720. The molecule has 1 saturated carbocycles. The van der Waals surface area contributed by atoms with Crippen LogP contribution in [-0.2, 0) is 4.74 Å². The molecular formula is C9H16O. The normalized spacial score (nSPS) is 45.3. The zero-order chi connectivity index (χ0) is 7.19. The van der Waals surface area contributed by atoms with Crippen LogP contribution >= 0.6 is 0 Å². The Hall–Kier alpha value is -0.0400. The van der Waals surface area contributed by atoms with Crippen molar-refractivity contribution in [3.8, 4) is 0 Å². The Morgan fingerprint density at radius 2 is 2.30 bits per heavy atom. The Balaban J connectivity index is 2.05. The van der Waals surface area contributed by atoms with Gasteiger partial charge in [0.25, 0.3) is 0 Å². The third-order valence-corrected chi connectivity index (χ3v) is 3.46. The van der Waals surface area contributed by atoms with Crippen LogP contribution < -0.4 is 0 Å². The first-order chi connectivity index (χ1) is 4.76. The van der Waals surface area contributed by atoms with E-state index < -0.39 is 0 Å². The van der Waals surface area contributed by atoms with Crippen LogP contribution in [0.5, 0.6) is 0 Å². The largest absolute Gasteiger partial charge is 0.381 e. The number of ether oxygens (including phenoxy) is 1. The molecule has 1 saturated heterocycles. The minimum Gasteiger partial charge on any atom is -0.381 e. The molecule has 0 bridgehead atoms. The standard InChI is InChI=1S/C9H16O/c1-7(2)9-3-4-10-6-8(9)5-9/h7-8H,3-6H2,1-2H3/t8-,9-/m1/s1. The van der Waals surface area contributed by atoms with Gasteiger partial charge < -0.3 is 4.74 Å². The molecular weight excluding hydrogens is 124 g/mol. The maximum Gasteiger partial charge on any atom is 0.0499 e. The zero-order valence-electron chi connectivity index (χ0n) is 6.89. The first kappa shape index (κ1) is 6.66. The Kier molecular flexibility index (Phi) is 1.31. The molecule has 2 atom stereocenters. The third-order valence-electron chi connectivity index (χ3n) is 3.46. The van der Waals surface area contributed by atoms with Crippen LogP contribution in [-0.4, -0.2) is 13.2 Å². The predicted molar refractivity (Wildman–Crippen MR) is 40.8 cm³/mol. The second-order valence-electron chi connectivity index (χ2n) is 4.11. The van der Waals surface area contributed by atoms with E-state index in [4.69, 9.17) is 4.74 Å². The van der Waals surface area contributed by atoms with Crippen molar-refractivity contribution < 1.29 is 4.74 Å². The van der Waals surface area contributed by atoms with Crippen LogP contribution in [0.3, 0.4) is 0 Å². The van der Waals surface area contributed by atoms with Gasteiger partial charge in [0, 0.05) is 13.2 Å². The fraction of sp³-hybridized carbons (Fsp3) is 1.00. The van der Waals surface area contributed by atoms with Gasteiger partial charge in [-0.05, 0) is 30.1 Å². The van der Waals surface area contributed by atoms with Crippen LogP contribution in [0.2, 0.25) is 0 Å². The summed E-state index contributed by atoms with van der Waals surface area (Å²) in [5.74, 6) is 1.79. The quantitative estimate of drug-likeness (QED) is 0.541. The van der Waals surface area contributed by atoms with E-state index in [9.17, 15) is 0 Å². The minimum atomic E-state index is 0.720. The molecule has 0 radical (unpaired) electrons. The summed E-state index contributed by atoms with van der Waals surface area (Å²) < 4.78 is 5.40. The van der Waals surface area contributed by atoms with E-state index in [1.54, 1.807) is 0 Å². The lowest BCUT2D eigenvalue weighted by atomic mass is 9.86. The van der Waals surface area contributed by atoms with Crippen molar-refractivity contribution in [1.29, 1.82) is 0 Å². The van der Waals surface area contributed by atoms with Gasteiger partial charge in [0.2, 0.25) is 0 Å². The van der Waals surface area contributed by atoms with Crippen molar-refractivity contribution in [3.63, 3.8) is 0 Å². The second kappa shape index (κ2) is 1.97. The van der Waals surface area contributed by atoms with Crippen LogP contribution in [0, 0.1) is 17.3 Å². The summed E-state index contributed by atoms with van der Waals surface area (Å²) in [7, 11) is 0. The summed E-state index contributed by atoms with van der Waals surface area (Å²) in [5, 5.41) is 0. The van der Waals surface area contributed by atoms with Crippen LogP contribution in [0.15, 0.2) is 0 Å². The Bertz CT molecular complexity index is 142. The van der Waals surface area contributed by atoms with Gasteiger partial charge in [-0.3, -0.25) is 0 Å². The zero-order valence-corrected chi connectivity index (χ0v) is 6.89. The molecule has 2 aliphatic rings. The first-order valence-electron chi connectivity index (χ1n) is 4.33. The Morgan fingerprint density at radius 1 is 1.50 bits per heavy atom. The van der Waals surface area contributed by atoms with E-state index in [0.29, 0.717) is 0 Å². The number of hydrogen-bond acceptors (Lipinski definition) is 1. The smallest absolute Gasteiger partial charge is 0.0499 e. The van der Waals surface area contributed by atoms with Crippen LogP contribution in [0.4, 0.5) is 0 Å². The highest BCUT2D eigenvalue weighted by Crippen LogP contribution is 2.61. The van der Waals surface area contributed by atoms with Gasteiger partial charge in [-0.25, -0.2) is 0 Å². The maximum atomic E-state index is 5.40. The average molecular weight is 140 g/mol. The number of fused-ring (bicyclic) bond motifs is 1. The highest BCUT2D eigenvalue weighted by Gasteiger charge is 2.56. The number of rotatable bonds is 1. The van der Waals surface area contributed by atoms with Crippen molar-refractivity contribution in [3.05, 3.63) is 0 Å². The molecule has 0 aromatic rings. The van der Waals surface area contributed by atoms with Crippen LogP contribution in [0.1, 0.15) is 26.7 Å². The first-order valence-corrected chi connectivity index (χ1v) is 4.33. The summed E-state index contributed by atoms with van der Waals surface area (Å²) >= 11 is 0. The van der Waals surface area contributed by atoms with Crippen molar-refractivity contribution >= 4 is 0 Å². The molecule has 1 heteroatoms. The highest BCUT2D eigenvalue weighted by atomic mass is 16.5. The van der Waals surface area contributed by atoms with Gasteiger partial charge in [0.1, 0.15) is 0 Å². The highest BCUT2D eigenvalue weighted by molar-refractivity contribution is 5.05. The SMILES string of the molecule is CC(C)[C@]12CCOC[C@H]1C2. The van der Waals surface area contributed by atoms with Gasteiger partial charge >= 0.3 is 0 Å². The molecule has 2 rings (SSSR count). The van der Waals surface area contributed by atoms with Crippen LogP contribution in [0.25, 0.3) is 0 Å². The van der Waals surface area contributed by atoms with Gasteiger partial charge in [-0.2, -0.15) is 0 Å². The fourth-order valence-electron chi connectivity index (χ4n) is 2.41. The van der Waals surface area contributed by atoms with Gasteiger partial charge in [0.15, 0.2) is 0 Å². The van der Waals surface area contributed by atoms with Gasteiger partial charge in [0.05, 0.1) is 0 Å². The van der Waals surface area contributed by atoms with E-state index in [-0.39, 0.29) is 0 Å². The van der Waals surface area contributed by atoms with E-state index in [1.165, 1.54) is 12.8 Å². The van der Waals surface area contributed by atoms with Crippen molar-refractivity contribution in [1.82, 2.24) is 0 Å². The van der Waals surface area contributed by atoms with Crippen molar-refractivity contribution in [2.24, 2.45) is 17.3 Å². The molecule has 0 aromatic heterocycles. The molecule has 1 nitrogen and oxygen atoms in total. The molecule has 0 aromatic carbocycles. The van der Waals surface area contributed by atoms with Crippen molar-refractivity contribution in [2.45, 2.75) is 26.7 Å². The summed E-state index contributed by atoms with van der Waals surface area (Å²) in [6.45, 7) is 6.75. The predicted octanol–water partition coefficient (Wildman–Crippen LogP) is 2.07.